The van der Waals surface area contributed by atoms with Crippen LogP contribution < -0.4 is 10.6 Å². The van der Waals surface area contributed by atoms with Gasteiger partial charge in [-0.05, 0) is 18.1 Å². The van der Waals surface area contributed by atoms with Crippen LogP contribution in [-0.2, 0) is 16.1 Å². The number of rotatable bonds is 3. The van der Waals surface area contributed by atoms with Crippen LogP contribution in [0.1, 0.15) is 22.6 Å². The molecule has 96 valence electrons. The minimum absolute atomic E-state index is 0.239. The van der Waals surface area contributed by atoms with Gasteiger partial charge in [0.1, 0.15) is 6.54 Å². The standard InChI is InChI=1S/C13H16N2O3/c1-8-2-3-9-5-14-6-11(10(9)4-8)13(18)15-7-12(16)17/h2-4,11,14H,5-7H2,1H3,(H,15,18)(H,16,17). The Morgan fingerprint density at radius 1 is 1.50 bits per heavy atom. The van der Waals surface area contributed by atoms with Gasteiger partial charge in [-0.2, -0.15) is 0 Å². The van der Waals surface area contributed by atoms with E-state index in [0.29, 0.717) is 6.54 Å². The van der Waals surface area contributed by atoms with Crippen molar-refractivity contribution in [1.29, 1.82) is 0 Å². The molecule has 0 radical (unpaired) electrons. The minimum atomic E-state index is -1.03. The first-order valence-corrected chi connectivity index (χ1v) is 5.87. The third-order valence-electron chi connectivity index (χ3n) is 3.07. The maximum atomic E-state index is 12.0. The number of amides is 1. The molecular formula is C13H16N2O3. The first-order valence-electron chi connectivity index (χ1n) is 5.87. The van der Waals surface area contributed by atoms with E-state index in [1.165, 1.54) is 0 Å². The number of carboxylic acids is 1. The highest BCUT2D eigenvalue weighted by molar-refractivity contribution is 5.87. The first-order chi connectivity index (χ1) is 8.58. The van der Waals surface area contributed by atoms with Crippen molar-refractivity contribution < 1.29 is 14.7 Å². The Morgan fingerprint density at radius 2 is 2.28 bits per heavy atom. The molecule has 2 rings (SSSR count). The minimum Gasteiger partial charge on any atom is -0.480 e. The summed E-state index contributed by atoms with van der Waals surface area (Å²) in [5.74, 6) is -1.58. The average Bonchev–Trinajstić information content (AvgIpc) is 2.35. The highest BCUT2D eigenvalue weighted by Gasteiger charge is 2.26. The number of carboxylic acid groups (broad SMARTS) is 1. The molecule has 1 aliphatic rings. The van der Waals surface area contributed by atoms with Gasteiger partial charge in [0.15, 0.2) is 0 Å². The van der Waals surface area contributed by atoms with Crippen molar-refractivity contribution in [1.82, 2.24) is 10.6 Å². The van der Waals surface area contributed by atoms with E-state index in [-0.39, 0.29) is 18.4 Å². The van der Waals surface area contributed by atoms with Crippen molar-refractivity contribution in [3.05, 3.63) is 34.9 Å². The molecule has 0 saturated carbocycles. The van der Waals surface area contributed by atoms with Crippen LogP contribution in [0.3, 0.4) is 0 Å². The monoisotopic (exact) mass is 248 g/mol. The molecule has 0 aromatic heterocycles. The van der Waals surface area contributed by atoms with Crippen LogP contribution in [0.15, 0.2) is 18.2 Å². The third-order valence-corrected chi connectivity index (χ3v) is 3.07. The summed E-state index contributed by atoms with van der Waals surface area (Å²) in [4.78, 5) is 22.4. The van der Waals surface area contributed by atoms with Crippen molar-refractivity contribution in [3.8, 4) is 0 Å². The summed E-state index contributed by atoms with van der Waals surface area (Å²) in [5.41, 5.74) is 3.20. The largest absolute Gasteiger partial charge is 0.480 e. The highest BCUT2D eigenvalue weighted by Crippen LogP contribution is 2.25. The summed E-state index contributed by atoms with van der Waals surface area (Å²) in [5, 5.41) is 14.2. The zero-order valence-electron chi connectivity index (χ0n) is 10.2. The predicted octanol–water partition coefficient (Wildman–Crippen LogP) is 0.383. The number of fused-ring (bicyclic) bond motifs is 1. The van der Waals surface area contributed by atoms with E-state index >= 15 is 0 Å². The van der Waals surface area contributed by atoms with Gasteiger partial charge in [-0.3, -0.25) is 9.59 Å². The van der Waals surface area contributed by atoms with Gasteiger partial charge in [0.05, 0.1) is 5.92 Å². The normalized spacial score (nSPS) is 17.9. The number of aliphatic carboxylic acids is 1. The van der Waals surface area contributed by atoms with E-state index in [2.05, 4.69) is 10.6 Å². The van der Waals surface area contributed by atoms with Crippen molar-refractivity contribution in [2.24, 2.45) is 0 Å². The Hall–Kier alpha value is -1.88. The third kappa shape index (κ3) is 2.68. The molecule has 18 heavy (non-hydrogen) atoms. The molecule has 0 bridgehead atoms. The number of nitrogens with one attached hydrogen (secondary N) is 2. The Bertz CT molecular complexity index is 485. The van der Waals surface area contributed by atoms with E-state index in [1.54, 1.807) is 0 Å². The number of aryl methyl sites for hydroxylation is 1. The molecule has 5 nitrogen and oxygen atoms in total. The van der Waals surface area contributed by atoms with Gasteiger partial charge in [0.25, 0.3) is 0 Å². The van der Waals surface area contributed by atoms with Crippen LogP contribution in [0.4, 0.5) is 0 Å². The molecule has 5 heteroatoms. The van der Waals surface area contributed by atoms with Gasteiger partial charge in [0, 0.05) is 13.1 Å². The smallest absolute Gasteiger partial charge is 0.322 e. The fourth-order valence-corrected chi connectivity index (χ4v) is 2.18. The van der Waals surface area contributed by atoms with Crippen molar-refractivity contribution in [3.63, 3.8) is 0 Å². The molecule has 0 saturated heterocycles. The molecule has 1 heterocycles. The van der Waals surface area contributed by atoms with E-state index in [9.17, 15) is 9.59 Å². The topological polar surface area (TPSA) is 78.4 Å². The summed E-state index contributed by atoms with van der Waals surface area (Å²) in [6.07, 6.45) is 0. The van der Waals surface area contributed by atoms with Crippen LogP contribution in [0, 0.1) is 6.92 Å². The van der Waals surface area contributed by atoms with Gasteiger partial charge >= 0.3 is 5.97 Å². The van der Waals surface area contributed by atoms with Crippen LogP contribution in [0.5, 0.6) is 0 Å². The number of hydrogen-bond acceptors (Lipinski definition) is 3. The van der Waals surface area contributed by atoms with E-state index < -0.39 is 5.97 Å². The molecule has 0 aliphatic carbocycles. The van der Waals surface area contributed by atoms with Crippen molar-refractivity contribution in [2.45, 2.75) is 19.4 Å². The lowest BCUT2D eigenvalue weighted by Gasteiger charge is -2.25. The van der Waals surface area contributed by atoms with Crippen LogP contribution in [0.2, 0.25) is 0 Å². The Labute approximate surface area is 105 Å². The summed E-state index contributed by atoms with van der Waals surface area (Å²) in [6.45, 7) is 2.94. The molecule has 0 spiro atoms. The van der Waals surface area contributed by atoms with Gasteiger partial charge < -0.3 is 15.7 Å². The average molecular weight is 248 g/mol. The molecule has 1 aliphatic heterocycles. The van der Waals surface area contributed by atoms with Crippen molar-refractivity contribution >= 4 is 11.9 Å². The number of benzene rings is 1. The maximum absolute atomic E-state index is 12.0. The van der Waals surface area contributed by atoms with E-state index in [4.69, 9.17) is 5.11 Å². The zero-order chi connectivity index (χ0) is 13.1. The lowest BCUT2D eigenvalue weighted by atomic mass is 9.89. The zero-order valence-corrected chi connectivity index (χ0v) is 10.2. The molecule has 3 N–H and O–H groups in total. The summed E-state index contributed by atoms with van der Waals surface area (Å²) < 4.78 is 0. The lowest BCUT2D eigenvalue weighted by Crippen LogP contribution is -2.40. The second-order valence-corrected chi connectivity index (χ2v) is 4.50. The summed E-state index contributed by atoms with van der Waals surface area (Å²) in [6, 6.07) is 6.02. The molecule has 1 atom stereocenters. The second kappa shape index (κ2) is 5.18. The lowest BCUT2D eigenvalue weighted by molar-refractivity contribution is -0.138. The molecule has 1 aromatic rings. The Kier molecular flexibility index (Phi) is 3.62. The van der Waals surface area contributed by atoms with Gasteiger partial charge in [-0.15, -0.1) is 0 Å². The van der Waals surface area contributed by atoms with Crippen LogP contribution in [-0.4, -0.2) is 30.1 Å². The fourth-order valence-electron chi connectivity index (χ4n) is 2.18. The van der Waals surface area contributed by atoms with E-state index in [0.717, 1.165) is 23.2 Å². The maximum Gasteiger partial charge on any atom is 0.322 e. The Morgan fingerprint density at radius 3 is 3.00 bits per heavy atom. The number of carbonyl (C=O) groups is 2. The molecule has 0 fully saturated rings. The van der Waals surface area contributed by atoms with Gasteiger partial charge in [-0.1, -0.05) is 23.8 Å². The molecular weight excluding hydrogens is 232 g/mol. The summed E-state index contributed by atoms with van der Waals surface area (Å²) in [7, 11) is 0. The summed E-state index contributed by atoms with van der Waals surface area (Å²) >= 11 is 0. The molecule has 1 unspecified atom stereocenters. The molecule has 1 aromatic carbocycles. The Balaban J connectivity index is 2.18. The molecule has 1 amide bonds. The van der Waals surface area contributed by atoms with E-state index in [1.807, 2.05) is 25.1 Å². The fraction of sp³-hybridized carbons (Fsp3) is 0.385. The first kappa shape index (κ1) is 12.6. The number of hydrogen-bond donors (Lipinski definition) is 3. The van der Waals surface area contributed by atoms with Crippen LogP contribution >= 0.6 is 0 Å². The number of carbonyl (C=O) groups excluding carboxylic acids is 1. The quantitative estimate of drug-likeness (QED) is 0.722. The SMILES string of the molecule is Cc1ccc2c(c1)C(C(=O)NCC(=O)O)CNC2. The van der Waals surface area contributed by atoms with Gasteiger partial charge in [-0.25, -0.2) is 0 Å². The highest BCUT2D eigenvalue weighted by atomic mass is 16.4. The predicted molar refractivity (Wildman–Crippen MR) is 66.3 cm³/mol. The van der Waals surface area contributed by atoms with Crippen molar-refractivity contribution in [2.75, 3.05) is 13.1 Å². The van der Waals surface area contributed by atoms with Crippen LogP contribution in [0.25, 0.3) is 0 Å². The second-order valence-electron chi connectivity index (χ2n) is 4.50. The van der Waals surface area contributed by atoms with Gasteiger partial charge in [0.2, 0.25) is 5.91 Å².